The summed E-state index contributed by atoms with van der Waals surface area (Å²) in [6.07, 6.45) is 0.0983. The molecule has 0 aliphatic heterocycles. The first-order valence-corrected chi connectivity index (χ1v) is 10.5. The number of likely N-dealkylation sites (N-methyl/N-ethyl adjacent to an activating group) is 1. The Morgan fingerprint density at radius 3 is 2.39 bits per heavy atom. The maximum Gasteiger partial charge on any atom is 0.255 e. The number of phenols is 1. The number of aliphatic hydroxyl groups excluding tert-OH is 2. The summed E-state index contributed by atoms with van der Waals surface area (Å²) in [5.74, 6) is -6.94. The molecule has 0 saturated heterocycles. The molecule has 4 rings (SSSR count). The number of phenolic OH excluding ortho intramolecular Hbond substituents is 1. The lowest BCUT2D eigenvalue weighted by atomic mass is 9.59. The molecule has 0 spiro atoms. The second-order valence-electron chi connectivity index (χ2n) is 8.92. The number of Topliss-reactive ketones (excluding diaryl/α,β-unsaturated/α-hetero) is 3. The van der Waals surface area contributed by atoms with Crippen molar-refractivity contribution in [2.45, 2.75) is 25.2 Å². The highest BCUT2D eigenvalue weighted by Crippen LogP contribution is 2.50. The van der Waals surface area contributed by atoms with Crippen LogP contribution in [0.25, 0.3) is 5.76 Å². The van der Waals surface area contributed by atoms with Gasteiger partial charge in [-0.15, -0.1) is 0 Å². The molecular formula is C23H23BN2O7. The van der Waals surface area contributed by atoms with Gasteiger partial charge in [-0.2, -0.15) is 0 Å². The van der Waals surface area contributed by atoms with E-state index in [0.717, 1.165) is 0 Å². The van der Waals surface area contributed by atoms with Crippen LogP contribution in [0, 0.1) is 17.8 Å². The number of carbonyl (C=O) groups is 4. The number of benzene rings is 1. The van der Waals surface area contributed by atoms with Gasteiger partial charge >= 0.3 is 0 Å². The third-order valence-electron chi connectivity index (χ3n) is 6.93. The fourth-order valence-corrected chi connectivity index (χ4v) is 5.64. The summed E-state index contributed by atoms with van der Waals surface area (Å²) in [5, 5.41) is 32.2. The fraction of sp³-hybridized carbons (Fsp3) is 0.391. The number of aromatic hydroxyl groups is 1. The molecule has 5 N–H and O–H groups in total. The number of nitrogens with two attached hydrogens (primary N) is 1. The Labute approximate surface area is 191 Å². The molecule has 2 radical (unpaired) electrons. The predicted molar refractivity (Wildman–Crippen MR) is 118 cm³/mol. The second-order valence-corrected chi connectivity index (χ2v) is 8.92. The maximum absolute atomic E-state index is 13.6. The summed E-state index contributed by atoms with van der Waals surface area (Å²) >= 11 is 0. The van der Waals surface area contributed by atoms with Crippen molar-refractivity contribution in [1.82, 2.24) is 4.90 Å². The number of aliphatic hydroxyl groups is 2. The summed E-state index contributed by atoms with van der Waals surface area (Å²) in [4.78, 5) is 52.6. The SMILES string of the molecule is [B]CC(=O)c1ccc(O)c2c1C[C@H]1C[C@@H]3C(C(=O)C(C(N)=O)=C(O)[C@H]3N(C)C)C(=O)C1=C2O. The van der Waals surface area contributed by atoms with Gasteiger partial charge in [-0.25, -0.2) is 0 Å². The van der Waals surface area contributed by atoms with Crippen molar-refractivity contribution >= 4 is 36.9 Å². The molecule has 1 aromatic rings. The van der Waals surface area contributed by atoms with Crippen LogP contribution in [0.15, 0.2) is 29.0 Å². The summed E-state index contributed by atoms with van der Waals surface area (Å²) in [7, 11) is 8.81. The van der Waals surface area contributed by atoms with Gasteiger partial charge in [0.15, 0.2) is 17.3 Å². The van der Waals surface area contributed by atoms with E-state index in [0.29, 0.717) is 5.56 Å². The highest BCUT2D eigenvalue weighted by Gasteiger charge is 2.55. The highest BCUT2D eigenvalue weighted by atomic mass is 16.3. The molecule has 33 heavy (non-hydrogen) atoms. The number of nitrogens with zero attached hydrogens (tertiary/aromatic N) is 1. The number of hydrogen-bond acceptors (Lipinski definition) is 8. The van der Waals surface area contributed by atoms with E-state index in [-0.39, 0.29) is 47.4 Å². The lowest BCUT2D eigenvalue weighted by molar-refractivity contribution is -0.136. The molecule has 1 saturated carbocycles. The van der Waals surface area contributed by atoms with Crippen molar-refractivity contribution in [3.63, 3.8) is 0 Å². The Morgan fingerprint density at radius 2 is 1.82 bits per heavy atom. The normalized spacial score (nSPS) is 26.8. The Morgan fingerprint density at radius 1 is 1.15 bits per heavy atom. The fourth-order valence-electron chi connectivity index (χ4n) is 5.64. The quantitative estimate of drug-likeness (QED) is 0.225. The second kappa shape index (κ2) is 7.88. The van der Waals surface area contributed by atoms with Crippen LogP contribution in [-0.4, -0.2) is 71.5 Å². The number of rotatable bonds is 4. The summed E-state index contributed by atoms with van der Waals surface area (Å²) in [6.45, 7) is 0. The van der Waals surface area contributed by atoms with Gasteiger partial charge in [0.25, 0.3) is 5.91 Å². The van der Waals surface area contributed by atoms with Crippen molar-refractivity contribution < 1.29 is 34.5 Å². The number of allylic oxidation sites excluding steroid dienone is 1. The van der Waals surface area contributed by atoms with E-state index in [1.54, 1.807) is 19.0 Å². The molecule has 0 bridgehead atoms. The van der Waals surface area contributed by atoms with Crippen LogP contribution < -0.4 is 5.73 Å². The van der Waals surface area contributed by atoms with Gasteiger partial charge in [-0.05, 0) is 62.8 Å². The van der Waals surface area contributed by atoms with Crippen LogP contribution in [0.5, 0.6) is 5.75 Å². The van der Waals surface area contributed by atoms with Gasteiger partial charge in [0, 0.05) is 11.1 Å². The average Bonchev–Trinajstić information content (AvgIpc) is 2.72. The van der Waals surface area contributed by atoms with Gasteiger partial charge in [-0.1, -0.05) is 0 Å². The summed E-state index contributed by atoms with van der Waals surface area (Å²) < 4.78 is 0. The van der Waals surface area contributed by atoms with Crippen molar-refractivity contribution in [3.05, 3.63) is 45.7 Å². The molecule has 1 aromatic carbocycles. The molecular weight excluding hydrogens is 427 g/mol. The van der Waals surface area contributed by atoms with Gasteiger partial charge < -0.3 is 21.1 Å². The van der Waals surface area contributed by atoms with E-state index in [1.807, 2.05) is 0 Å². The van der Waals surface area contributed by atoms with Crippen LogP contribution in [0.4, 0.5) is 0 Å². The first-order chi connectivity index (χ1) is 15.5. The van der Waals surface area contributed by atoms with Crippen molar-refractivity contribution in [2.75, 3.05) is 14.1 Å². The standard InChI is InChI=1S/C23H23BN2O7/c1-26(2)18-11-6-8-5-10-9(13(28)7-24)3-4-12(27)15(10)19(29)14(8)20(30)16(11)21(31)17(22(18)32)23(25)33/h3-4,8,11,16,18,27,29,32H,5-7H2,1-2H3,(H2,25,33)/t8-,11+,16?,18-/m0/s1. The van der Waals surface area contributed by atoms with Crippen LogP contribution in [-0.2, 0) is 20.8 Å². The van der Waals surface area contributed by atoms with Crippen molar-refractivity contribution in [1.29, 1.82) is 0 Å². The minimum Gasteiger partial charge on any atom is -0.510 e. The molecule has 10 heteroatoms. The smallest absolute Gasteiger partial charge is 0.255 e. The number of carbonyl (C=O) groups excluding carboxylic acids is 4. The third kappa shape index (κ3) is 3.20. The van der Waals surface area contributed by atoms with E-state index >= 15 is 0 Å². The van der Waals surface area contributed by atoms with E-state index in [2.05, 4.69) is 0 Å². The van der Waals surface area contributed by atoms with Gasteiger partial charge in [0.1, 0.15) is 22.8 Å². The van der Waals surface area contributed by atoms with E-state index in [1.165, 1.54) is 12.1 Å². The minimum atomic E-state index is -1.32. The molecule has 0 aromatic heterocycles. The van der Waals surface area contributed by atoms with E-state index in [9.17, 15) is 34.5 Å². The summed E-state index contributed by atoms with van der Waals surface area (Å²) in [6, 6.07) is 1.85. The van der Waals surface area contributed by atoms with Gasteiger partial charge in [0.05, 0.1) is 25.4 Å². The van der Waals surface area contributed by atoms with E-state index in [4.69, 9.17) is 13.6 Å². The Bertz CT molecular complexity index is 1180. The summed E-state index contributed by atoms with van der Waals surface area (Å²) in [5.41, 5.74) is 5.27. The molecule has 170 valence electrons. The zero-order chi connectivity index (χ0) is 24.4. The minimum absolute atomic E-state index is 0.0340. The molecule has 1 amide bonds. The van der Waals surface area contributed by atoms with Gasteiger partial charge in [0.2, 0.25) is 0 Å². The van der Waals surface area contributed by atoms with E-state index < -0.39 is 58.4 Å². The van der Waals surface area contributed by atoms with Crippen molar-refractivity contribution in [3.8, 4) is 5.75 Å². The number of primary amides is 1. The molecule has 3 aliphatic rings. The van der Waals surface area contributed by atoms with Gasteiger partial charge in [-0.3, -0.25) is 24.1 Å². The van der Waals surface area contributed by atoms with Crippen LogP contribution >= 0.6 is 0 Å². The number of fused-ring (bicyclic) bond motifs is 3. The lowest BCUT2D eigenvalue weighted by Gasteiger charge is -2.46. The van der Waals surface area contributed by atoms with Crippen molar-refractivity contribution in [2.24, 2.45) is 23.5 Å². The first kappa shape index (κ1) is 22.8. The first-order valence-electron chi connectivity index (χ1n) is 10.5. The zero-order valence-corrected chi connectivity index (χ0v) is 18.2. The van der Waals surface area contributed by atoms with Crippen LogP contribution in [0.1, 0.15) is 27.9 Å². The Balaban J connectivity index is 1.91. The van der Waals surface area contributed by atoms with Crippen LogP contribution in [0.3, 0.4) is 0 Å². The highest BCUT2D eigenvalue weighted by molar-refractivity contribution is 6.28. The number of amides is 1. The largest absolute Gasteiger partial charge is 0.510 e. The molecule has 1 fully saturated rings. The number of hydrogen-bond donors (Lipinski definition) is 4. The monoisotopic (exact) mass is 450 g/mol. The molecule has 0 heterocycles. The number of ketones is 3. The molecule has 9 nitrogen and oxygen atoms in total. The Kier molecular flexibility index (Phi) is 5.44. The average molecular weight is 450 g/mol. The van der Waals surface area contributed by atoms with Crippen LogP contribution in [0.2, 0.25) is 6.32 Å². The zero-order valence-electron chi connectivity index (χ0n) is 18.2. The topological polar surface area (TPSA) is 158 Å². The molecule has 4 atom stereocenters. The Hall–Kier alpha value is -3.40. The maximum atomic E-state index is 13.6. The lowest BCUT2D eigenvalue weighted by Crippen LogP contribution is -2.55. The predicted octanol–water partition coefficient (Wildman–Crippen LogP) is 0.619. The third-order valence-corrected chi connectivity index (χ3v) is 6.93. The molecule has 1 unspecified atom stereocenters. The molecule has 3 aliphatic carbocycles.